The zero-order chi connectivity index (χ0) is 10.2. The van der Waals surface area contributed by atoms with E-state index in [0.717, 1.165) is 18.3 Å². The molecule has 2 atom stereocenters. The summed E-state index contributed by atoms with van der Waals surface area (Å²) in [6.07, 6.45) is 10.6. The van der Waals surface area contributed by atoms with Gasteiger partial charge in [0.05, 0.1) is 5.41 Å². The SMILES string of the molecule is C[C@@]12C=CC=C(C=O)[C@@H]1CC=CC2=O. The molecule has 0 heterocycles. The molecule has 0 bridgehead atoms. The first-order chi connectivity index (χ1) is 6.68. The fraction of sp³-hybridized carbons (Fsp3) is 0.333. The third kappa shape index (κ3) is 1.10. The first kappa shape index (κ1) is 9.13. The Morgan fingerprint density at radius 1 is 1.57 bits per heavy atom. The van der Waals surface area contributed by atoms with Gasteiger partial charge >= 0.3 is 0 Å². The highest BCUT2D eigenvalue weighted by atomic mass is 16.1. The number of fused-ring (bicyclic) bond motifs is 1. The van der Waals surface area contributed by atoms with Gasteiger partial charge in [-0.3, -0.25) is 9.59 Å². The normalized spacial score (nSPS) is 35.1. The molecule has 2 rings (SSSR count). The standard InChI is InChI=1S/C12H12O2/c1-12-7-3-4-9(8-13)10(12)5-2-6-11(12)14/h2-4,6-8,10H,5H2,1H3/t10-,12+/m0/s1. The van der Waals surface area contributed by atoms with Crippen molar-refractivity contribution < 1.29 is 9.59 Å². The summed E-state index contributed by atoms with van der Waals surface area (Å²) in [7, 11) is 0. The van der Waals surface area contributed by atoms with E-state index in [1.54, 1.807) is 18.2 Å². The van der Waals surface area contributed by atoms with E-state index >= 15 is 0 Å². The van der Waals surface area contributed by atoms with Crippen LogP contribution in [0.25, 0.3) is 0 Å². The molecule has 0 saturated carbocycles. The van der Waals surface area contributed by atoms with Gasteiger partial charge in [0, 0.05) is 5.92 Å². The van der Waals surface area contributed by atoms with Crippen LogP contribution in [0, 0.1) is 11.3 Å². The summed E-state index contributed by atoms with van der Waals surface area (Å²) in [5.74, 6) is 0.125. The van der Waals surface area contributed by atoms with Crippen molar-refractivity contribution in [2.45, 2.75) is 13.3 Å². The Hall–Kier alpha value is -1.44. The predicted octanol–water partition coefficient (Wildman–Crippen LogP) is 1.83. The second-order valence-corrected chi connectivity index (χ2v) is 3.98. The van der Waals surface area contributed by atoms with Crippen LogP contribution in [0.3, 0.4) is 0 Å². The van der Waals surface area contributed by atoms with Crippen LogP contribution >= 0.6 is 0 Å². The topological polar surface area (TPSA) is 34.1 Å². The number of carbonyl (C=O) groups excluding carboxylic acids is 2. The second-order valence-electron chi connectivity index (χ2n) is 3.98. The Labute approximate surface area is 83.0 Å². The van der Waals surface area contributed by atoms with Crippen molar-refractivity contribution in [3.63, 3.8) is 0 Å². The van der Waals surface area contributed by atoms with E-state index in [-0.39, 0.29) is 11.7 Å². The average Bonchev–Trinajstić information content (AvgIpc) is 2.19. The van der Waals surface area contributed by atoms with Crippen LogP contribution in [0.1, 0.15) is 13.3 Å². The molecular weight excluding hydrogens is 176 g/mol. The van der Waals surface area contributed by atoms with Gasteiger partial charge in [0.2, 0.25) is 0 Å². The Bertz CT molecular complexity index is 374. The van der Waals surface area contributed by atoms with Crippen LogP contribution in [-0.2, 0) is 9.59 Å². The number of rotatable bonds is 1. The third-order valence-corrected chi connectivity index (χ3v) is 3.17. The van der Waals surface area contributed by atoms with Gasteiger partial charge in [-0.2, -0.15) is 0 Å². The Kier molecular flexibility index (Phi) is 1.99. The second kappa shape index (κ2) is 3.05. The first-order valence-corrected chi connectivity index (χ1v) is 4.74. The lowest BCUT2D eigenvalue weighted by Gasteiger charge is -2.37. The Balaban J connectivity index is 2.48. The molecule has 0 radical (unpaired) electrons. The summed E-state index contributed by atoms with van der Waals surface area (Å²) >= 11 is 0. The summed E-state index contributed by atoms with van der Waals surface area (Å²) in [5, 5.41) is 0. The number of carbonyl (C=O) groups is 2. The summed E-state index contributed by atoms with van der Waals surface area (Å²) < 4.78 is 0. The molecule has 0 aromatic rings. The zero-order valence-electron chi connectivity index (χ0n) is 8.07. The molecule has 0 aromatic carbocycles. The molecule has 2 heteroatoms. The third-order valence-electron chi connectivity index (χ3n) is 3.17. The molecule has 0 aromatic heterocycles. The molecule has 0 aliphatic heterocycles. The fourth-order valence-electron chi connectivity index (χ4n) is 2.18. The first-order valence-electron chi connectivity index (χ1n) is 4.74. The van der Waals surface area contributed by atoms with E-state index in [0.29, 0.717) is 0 Å². The van der Waals surface area contributed by atoms with Crippen molar-refractivity contribution in [1.82, 2.24) is 0 Å². The van der Waals surface area contributed by atoms with E-state index in [9.17, 15) is 9.59 Å². The molecule has 2 nitrogen and oxygen atoms in total. The smallest absolute Gasteiger partial charge is 0.165 e. The lowest BCUT2D eigenvalue weighted by Crippen LogP contribution is -2.38. The Morgan fingerprint density at radius 3 is 3.07 bits per heavy atom. The summed E-state index contributed by atoms with van der Waals surface area (Å²) in [4.78, 5) is 22.6. The van der Waals surface area contributed by atoms with Gasteiger partial charge in [-0.1, -0.05) is 24.3 Å². The fourth-order valence-corrected chi connectivity index (χ4v) is 2.18. The minimum absolute atomic E-state index is 0.0301. The predicted molar refractivity (Wildman–Crippen MR) is 53.6 cm³/mol. The molecule has 72 valence electrons. The number of hydrogen-bond acceptors (Lipinski definition) is 2. The number of hydrogen-bond donors (Lipinski definition) is 0. The molecular formula is C12H12O2. The number of allylic oxidation sites excluding steroid dienone is 6. The largest absolute Gasteiger partial charge is 0.298 e. The molecule has 0 amide bonds. The van der Waals surface area contributed by atoms with Crippen molar-refractivity contribution in [2.24, 2.45) is 11.3 Å². The van der Waals surface area contributed by atoms with Crippen LogP contribution in [0.15, 0.2) is 36.0 Å². The van der Waals surface area contributed by atoms with Crippen LogP contribution < -0.4 is 0 Å². The highest BCUT2D eigenvalue weighted by Crippen LogP contribution is 2.42. The van der Waals surface area contributed by atoms with Crippen molar-refractivity contribution >= 4 is 12.1 Å². The highest BCUT2D eigenvalue weighted by Gasteiger charge is 2.41. The Morgan fingerprint density at radius 2 is 2.36 bits per heavy atom. The maximum atomic E-state index is 11.7. The molecule has 0 N–H and O–H groups in total. The summed E-state index contributed by atoms with van der Waals surface area (Å²) in [6, 6.07) is 0. The summed E-state index contributed by atoms with van der Waals surface area (Å²) in [6.45, 7) is 1.90. The van der Waals surface area contributed by atoms with E-state index in [1.807, 2.05) is 19.1 Å². The minimum atomic E-state index is -0.500. The highest BCUT2D eigenvalue weighted by molar-refractivity contribution is 5.99. The van der Waals surface area contributed by atoms with Gasteiger partial charge < -0.3 is 0 Å². The number of aldehydes is 1. The molecule has 0 fully saturated rings. The molecule has 14 heavy (non-hydrogen) atoms. The summed E-state index contributed by atoms with van der Waals surface area (Å²) in [5.41, 5.74) is 0.229. The quantitative estimate of drug-likeness (QED) is 0.588. The van der Waals surface area contributed by atoms with Crippen LogP contribution in [0.2, 0.25) is 0 Å². The molecule has 2 aliphatic rings. The van der Waals surface area contributed by atoms with E-state index in [2.05, 4.69) is 0 Å². The lowest BCUT2D eigenvalue weighted by molar-refractivity contribution is -0.123. The maximum Gasteiger partial charge on any atom is 0.165 e. The van der Waals surface area contributed by atoms with Crippen LogP contribution in [-0.4, -0.2) is 12.1 Å². The van der Waals surface area contributed by atoms with Crippen molar-refractivity contribution in [1.29, 1.82) is 0 Å². The van der Waals surface area contributed by atoms with Gasteiger partial charge in [0.1, 0.15) is 6.29 Å². The van der Waals surface area contributed by atoms with E-state index in [1.165, 1.54) is 0 Å². The van der Waals surface area contributed by atoms with Gasteiger partial charge in [0.25, 0.3) is 0 Å². The van der Waals surface area contributed by atoms with Gasteiger partial charge in [-0.25, -0.2) is 0 Å². The van der Waals surface area contributed by atoms with Crippen molar-refractivity contribution in [2.75, 3.05) is 0 Å². The molecule has 0 spiro atoms. The van der Waals surface area contributed by atoms with Gasteiger partial charge in [0.15, 0.2) is 5.78 Å². The van der Waals surface area contributed by atoms with Crippen molar-refractivity contribution in [3.8, 4) is 0 Å². The lowest BCUT2D eigenvalue weighted by atomic mass is 9.64. The average molecular weight is 188 g/mol. The molecule has 0 unspecified atom stereocenters. The van der Waals surface area contributed by atoms with Gasteiger partial charge in [-0.15, -0.1) is 0 Å². The van der Waals surface area contributed by atoms with E-state index < -0.39 is 5.41 Å². The minimum Gasteiger partial charge on any atom is -0.298 e. The van der Waals surface area contributed by atoms with Crippen molar-refractivity contribution in [3.05, 3.63) is 36.0 Å². The van der Waals surface area contributed by atoms with Crippen LogP contribution in [0.4, 0.5) is 0 Å². The number of ketones is 1. The monoisotopic (exact) mass is 188 g/mol. The van der Waals surface area contributed by atoms with Gasteiger partial charge in [-0.05, 0) is 25.0 Å². The maximum absolute atomic E-state index is 11.7. The zero-order valence-corrected chi connectivity index (χ0v) is 8.07. The van der Waals surface area contributed by atoms with Crippen LogP contribution in [0.5, 0.6) is 0 Å². The molecule has 0 saturated heterocycles. The van der Waals surface area contributed by atoms with E-state index in [4.69, 9.17) is 0 Å². The molecule has 2 aliphatic carbocycles.